The number of carbonyl (C=O) groups is 4. The summed E-state index contributed by atoms with van der Waals surface area (Å²) in [4.78, 5) is 46.7. The van der Waals surface area contributed by atoms with E-state index in [0.717, 1.165) is 38.5 Å². The first kappa shape index (κ1) is 31.5. The highest BCUT2D eigenvalue weighted by Gasteiger charge is 2.37. The van der Waals surface area contributed by atoms with E-state index in [-0.39, 0.29) is 35.9 Å². The van der Waals surface area contributed by atoms with Gasteiger partial charge in [-0.2, -0.15) is 0 Å². The summed E-state index contributed by atoms with van der Waals surface area (Å²) in [5.74, 6) is -0.929. The first-order chi connectivity index (χ1) is 16.7. The Morgan fingerprint density at radius 1 is 0.639 bits per heavy atom. The van der Waals surface area contributed by atoms with Crippen molar-refractivity contribution in [1.29, 1.82) is 0 Å². The molecule has 2 saturated carbocycles. The molecule has 4 atom stereocenters. The molecule has 2 aliphatic rings. The molecule has 10 nitrogen and oxygen atoms in total. The van der Waals surface area contributed by atoms with Gasteiger partial charge in [0.2, 0.25) is 0 Å². The van der Waals surface area contributed by atoms with Gasteiger partial charge in [0, 0.05) is 12.1 Å². The average Bonchev–Trinajstić information content (AvgIpc) is 3.35. The van der Waals surface area contributed by atoms with E-state index in [4.69, 9.17) is 18.9 Å². The molecule has 36 heavy (non-hydrogen) atoms. The van der Waals surface area contributed by atoms with E-state index in [1.165, 1.54) is 0 Å². The van der Waals surface area contributed by atoms with Crippen LogP contribution in [0.5, 0.6) is 0 Å². The quantitative estimate of drug-likeness (QED) is 0.392. The van der Waals surface area contributed by atoms with Crippen LogP contribution in [0.2, 0.25) is 0 Å². The normalized spacial score (nSPS) is 23.6. The summed E-state index contributed by atoms with van der Waals surface area (Å²) in [6.07, 6.45) is 4.02. The molecule has 0 radical (unpaired) electrons. The minimum absolute atomic E-state index is 0.168. The maximum atomic E-state index is 11.7. The molecule has 0 aromatic heterocycles. The third-order valence-corrected chi connectivity index (χ3v) is 5.61. The SMILES string of the molecule is CCOC(=O)[C@@H]1CCC[C@H]1NC(=O)OC(C)(C)C.CCOC(=O)[C@H]1CCC[C@@H]1NC(=O)OC(C)(C)C. The smallest absolute Gasteiger partial charge is 0.407 e. The van der Waals surface area contributed by atoms with E-state index < -0.39 is 23.4 Å². The van der Waals surface area contributed by atoms with E-state index in [9.17, 15) is 19.2 Å². The van der Waals surface area contributed by atoms with Crippen LogP contribution in [0.4, 0.5) is 9.59 Å². The molecule has 10 heteroatoms. The first-order valence-corrected chi connectivity index (χ1v) is 13.0. The van der Waals surface area contributed by atoms with E-state index in [1.807, 2.05) is 41.5 Å². The Labute approximate surface area is 215 Å². The lowest BCUT2D eigenvalue weighted by atomic mass is 10.0. The number of alkyl carbamates (subject to hydrolysis) is 2. The van der Waals surface area contributed by atoms with Gasteiger partial charge in [-0.1, -0.05) is 12.8 Å². The number of nitrogens with one attached hydrogen (secondary N) is 2. The number of rotatable bonds is 6. The molecule has 0 heterocycles. The first-order valence-electron chi connectivity index (χ1n) is 13.0. The van der Waals surface area contributed by atoms with Crippen molar-refractivity contribution in [2.24, 2.45) is 11.8 Å². The van der Waals surface area contributed by atoms with Crippen LogP contribution in [0.1, 0.15) is 93.9 Å². The molecular formula is C26H46N2O8. The Kier molecular flexibility index (Phi) is 12.5. The Balaban J connectivity index is 0.000000360. The predicted molar refractivity (Wildman–Crippen MR) is 134 cm³/mol. The second-order valence-electron chi connectivity index (χ2n) is 11.1. The van der Waals surface area contributed by atoms with Crippen molar-refractivity contribution < 1.29 is 38.1 Å². The molecule has 208 valence electrons. The summed E-state index contributed by atoms with van der Waals surface area (Å²) in [6, 6.07) is -0.335. The zero-order valence-electron chi connectivity index (χ0n) is 23.2. The monoisotopic (exact) mass is 514 g/mol. The van der Waals surface area contributed by atoms with Gasteiger partial charge in [0.05, 0.1) is 25.0 Å². The van der Waals surface area contributed by atoms with Crippen LogP contribution in [-0.2, 0) is 28.5 Å². The maximum Gasteiger partial charge on any atom is 0.407 e. The van der Waals surface area contributed by atoms with Crippen LogP contribution >= 0.6 is 0 Å². The zero-order chi connectivity index (χ0) is 27.5. The molecule has 2 N–H and O–H groups in total. The third-order valence-electron chi connectivity index (χ3n) is 5.61. The minimum atomic E-state index is -0.526. The maximum absolute atomic E-state index is 11.7. The van der Waals surface area contributed by atoms with Crippen LogP contribution in [0.3, 0.4) is 0 Å². The zero-order valence-corrected chi connectivity index (χ0v) is 23.2. The van der Waals surface area contributed by atoms with Crippen molar-refractivity contribution in [2.75, 3.05) is 13.2 Å². The fourth-order valence-corrected chi connectivity index (χ4v) is 4.25. The highest BCUT2D eigenvalue weighted by Crippen LogP contribution is 2.28. The lowest BCUT2D eigenvalue weighted by Crippen LogP contribution is -2.43. The highest BCUT2D eigenvalue weighted by atomic mass is 16.6. The lowest BCUT2D eigenvalue weighted by molar-refractivity contribution is -0.149. The molecule has 2 aliphatic carbocycles. The van der Waals surface area contributed by atoms with Gasteiger partial charge < -0.3 is 29.6 Å². The summed E-state index contributed by atoms with van der Waals surface area (Å²) in [5.41, 5.74) is -1.05. The Bertz CT molecular complexity index is 679. The summed E-state index contributed by atoms with van der Waals surface area (Å²) >= 11 is 0. The van der Waals surface area contributed by atoms with Gasteiger partial charge in [-0.25, -0.2) is 9.59 Å². The summed E-state index contributed by atoms with van der Waals surface area (Å²) in [6.45, 7) is 15.2. The number of amides is 2. The van der Waals surface area contributed by atoms with E-state index >= 15 is 0 Å². The van der Waals surface area contributed by atoms with Gasteiger partial charge >= 0.3 is 24.1 Å². The number of carbonyl (C=O) groups excluding carboxylic acids is 4. The third kappa shape index (κ3) is 11.9. The Hall–Kier alpha value is -2.52. The molecule has 0 unspecified atom stereocenters. The highest BCUT2D eigenvalue weighted by molar-refractivity contribution is 5.76. The molecule has 0 aromatic rings. The van der Waals surface area contributed by atoms with E-state index in [1.54, 1.807) is 13.8 Å². The predicted octanol–water partition coefficient (Wildman–Crippen LogP) is 4.49. The molecule has 0 aromatic carbocycles. The molecule has 0 spiro atoms. The number of hydrogen-bond donors (Lipinski definition) is 2. The fraction of sp³-hybridized carbons (Fsp3) is 0.846. The van der Waals surface area contributed by atoms with Gasteiger partial charge in [-0.05, 0) is 81.1 Å². The topological polar surface area (TPSA) is 129 Å². The van der Waals surface area contributed by atoms with Crippen molar-refractivity contribution in [3.05, 3.63) is 0 Å². The Morgan fingerprint density at radius 2 is 0.972 bits per heavy atom. The standard InChI is InChI=1S/2C13H23NO4/c2*1-5-17-11(15)9-7-6-8-10(9)14-12(16)18-13(2,3)4/h2*9-10H,5-8H2,1-4H3,(H,14,16)/t2*9-,10-/m10/s1. The molecule has 2 rings (SSSR count). The summed E-state index contributed by atoms with van der Waals surface area (Å²) in [5, 5.41) is 5.53. The van der Waals surface area contributed by atoms with Gasteiger partial charge in [0.1, 0.15) is 11.2 Å². The van der Waals surface area contributed by atoms with Gasteiger partial charge in [0.15, 0.2) is 0 Å². The Morgan fingerprint density at radius 3 is 1.25 bits per heavy atom. The summed E-state index contributed by atoms with van der Waals surface area (Å²) < 4.78 is 20.4. The van der Waals surface area contributed by atoms with Crippen LogP contribution in [-0.4, -0.2) is 60.6 Å². The van der Waals surface area contributed by atoms with Crippen molar-refractivity contribution in [3.8, 4) is 0 Å². The van der Waals surface area contributed by atoms with Crippen LogP contribution < -0.4 is 10.6 Å². The van der Waals surface area contributed by atoms with Gasteiger partial charge in [0.25, 0.3) is 0 Å². The van der Waals surface area contributed by atoms with Gasteiger partial charge in [-0.15, -0.1) is 0 Å². The lowest BCUT2D eigenvalue weighted by Gasteiger charge is -2.24. The summed E-state index contributed by atoms with van der Waals surface area (Å²) in [7, 11) is 0. The van der Waals surface area contributed by atoms with Crippen molar-refractivity contribution in [2.45, 2.75) is 117 Å². The van der Waals surface area contributed by atoms with Gasteiger partial charge in [-0.3, -0.25) is 9.59 Å². The molecule has 0 bridgehead atoms. The molecule has 2 amide bonds. The van der Waals surface area contributed by atoms with Crippen molar-refractivity contribution >= 4 is 24.1 Å². The van der Waals surface area contributed by atoms with E-state index in [0.29, 0.717) is 13.2 Å². The van der Waals surface area contributed by atoms with Crippen LogP contribution in [0.25, 0.3) is 0 Å². The van der Waals surface area contributed by atoms with Crippen molar-refractivity contribution in [1.82, 2.24) is 10.6 Å². The minimum Gasteiger partial charge on any atom is -0.466 e. The molecular weight excluding hydrogens is 468 g/mol. The van der Waals surface area contributed by atoms with Crippen LogP contribution in [0.15, 0.2) is 0 Å². The van der Waals surface area contributed by atoms with E-state index in [2.05, 4.69) is 10.6 Å². The average molecular weight is 515 g/mol. The van der Waals surface area contributed by atoms with Crippen molar-refractivity contribution in [3.63, 3.8) is 0 Å². The molecule has 2 fully saturated rings. The second kappa shape index (κ2) is 14.3. The number of ether oxygens (including phenoxy) is 4. The van der Waals surface area contributed by atoms with Crippen LogP contribution in [0, 0.1) is 11.8 Å². The second-order valence-corrected chi connectivity index (χ2v) is 11.1. The number of esters is 2. The molecule has 0 aliphatic heterocycles. The molecule has 0 saturated heterocycles. The number of hydrogen-bond acceptors (Lipinski definition) is 8. The largest absolute Gasteiger partial charge is 0.466 e. The fourth-order valence-electron chi connectivity index (χ4n) is 4.25.